The highest BCUT2D eigenvalue weighted by atomic mass is 19.2. The SMILES string of the molecule is Cc1cc(CC2(F)CCCN([C@@H](C)c3nc4c(cc3F)OCCO4)C2)cc(C)n1.Cc1cc(CC2(F)CCCN([C@H](C)c3nc4c(cc3F)OCCO4)C2)cc(C)n1. The molecular weight excluding hydrogens is 753 g/mol. The number of nitrogens with zero attached hydrogens (tertiary/aromatic N) is 6. The number of rotatable bonds is 8. The van der Waals surface area contributed by atoms with Gasteiger partial charge in [0.1, 0.15) is 49.4 Å². The maximum Gasteiger partial charge on any atom is 0.257 e. The van der Waals surface area contributed by atoms with Gasteiger partial charge in [0, 0.05) is 60.8 Å². The normalized spacial score (nSPS) is 23.1. The predicted molar refractivity (Wildman–Crippen MR) is 211 cm³/mol. The summed E-state index contributed by atoms with van der Waals surface area (Å²) >= 11 is 0. The van der Waals surface area contributed by atoms with E-state index < -0.39 is 23.0 Å². The number of halogens is 4. The summed E-state index contributed by atoms with van der Waals surface area (Å²) in [6, 6.07) is 9.70. The van der Waals surface area contributed by atoms with Crippen molar-refractivity contribution >= 4 is 0 Å². The number of ether oxygens (including phenoxy) is 4. The van der Waals surface area contributed by atoms with Crippen LogP contribution in [0.25, 0.3) is 0 Å². The van der Waals surface area contributed by atoms with E-state index >= 15 is 8.78 Å². The number of hydrogen-bond donors (Lipinski definition) is 0. The molecule has 10 nitrogen and oxygen atoms in total. The van der Waals surface area contributed by atoms with Crippen molar-refractivity contribution in [1.29, 1.82) is 0 Å². The molecule has 4 aliphatic rings. The second kappa shape index (κ2) is 17.3. The standard InChI is InChI=1S/2C22H27F2N3O2/c2*1-14-9-17(10-15(2)25-14)12-22(24)5-4-6-27(13-22)16(3)20-18(23)11-19-21(26-20)29-8-7-28-19/h2*9-11,16H,4-8,12-13H2,1-3H3/t2*16-,22?/m10/s1. The molecule has 0 radical (unpaired) electrons. The molecule has 312 valence electrons. The average molecular weight is 807 g/mol. The van der Waals surface area contributed by atoms with Crippen molar-refractivity contribution in [3.63, 3.8) is 0 Å². The van der Waals surface area contributed by atoms with Gasteiger partial charge in [-0.3, -0.25) is 19.8 Å². The molecule has 0 amide bonds. The van der Waals surface area contributed by atoms with Gasteiger partial charge in [-0.15, -0.1) is 0 Å². The van der Waals surface area contributed by atoms with E-state index in [4.69, 9.17) is 18.9 Å². The van der Waals surface area contributed by atoms with Crippen molar-refractivity contribution in [2.75, 3.05) is 52.6 Å². The minimum Gasteiger partial charge on any atom is -0.484 e. The Morgan fingerprint density at radius 3 is 1.31 bits per heavy atom. The molecule has 58 heavy (non-hydrogen) atoms. The van der Waals surface area contributed by atoms with Gasteiger partial charge in [0.15, 0.2) is 11.5 Å². The van der Waals surface area contributed by atoms with Crippen LogP contribution in [0.15, 0.2) is 36.4 Å². The molecule has 0 aromatic carbocycles. The fourth-order valence-electron chi connectivity index (χ4n) is 8.83. The molecule has 8 heterocycles. The van der Waals surface area contributed by atoms with Crippen LogP contribution in [0.4, 0.5) is 17.6 Å². The molecule has 4 atom stereocenters. The summed E-state index contributed by atoms with van der Waals surface area (Å²) in [4.78, 5) is 21.4. The van der Waals surface area contributed by atoms with Crippen molar-refractivity contribution in [2.45, 2.75) is 103 Å². The van der Waals surface area contributed by atoms with Gasteiger partial charge in [-0.05, 0) is 116 Å². The van der Waals surface area contributed by atoms with E-state index in [-0.39, 0.29) is 36.6 Å². The van der Waals surface area contributed by atoms with Gasteiger partial charge in [0.05, 0.1) is 23.5 Å². The monoisotopic (exact) mass is 806 g/mol. The summed E-state index contributed by atoms with van der Waals surface area (Å²) in [7, 11) is 0. The number of aromatic nitrogens is 4. The predicted octanol–water partition coefficient (Wildman–Crippen LogP) is 8.22. The maximum absolute atomic E-state index is 15.8. The minimum atomic E-state index is -1.36. The Bertz CT molecular complexity index is 1920. The van der Waals surface area contributed by atoms with Crippen LogP contribution >= 0.6 is 0 Å². The first-order valence-electron chi connectivity index (χ1n) is 20.3. The first-order valence-corrected chi connectivity index (χ1v) is 20.3. The Balaban J connectivity index is 0.000000177. The molecule has 0 bridgehead atoms. The van der Waals surface area contributed by atoms with Gasteiger partial charge in [0.25, 0.3) is 11.8 Å². The van der Waals surface area contributed by atoms with Gasteiger partial charge >= 0.3 is 0 Å². The molecule has 4 aromatic heterocycles. The minimum absolute atomic E-state index is 0.240. The summed E-state index contributed by atoms with van der Waals surface area (Å²) < 4.78 is 82.8. The van der Waals surface area contributed by atoms with Crippen LogP contribution in [0.1, 0.15) is 96.9 Å². The molecule has 8 rings (SSSR count). The second-order valence-electron chi connectivity index (χ2n) is 16.4. The first kappa shape index (κ1) is 41.6. The van der Waals surface area contributed by atoms with Crippen molar-refractivity contribution in [2.24, 2.45) is 0 Å². The summed E-state index contributed by atoms with van der Waals surface area (Å²) in [6.45, 7) is 14.9. The number of fused-ring (bicyclic) bond motifs is 2. The average Bonchev–Trinajstić information content (AvgIpc) is 3.16. The lowest BCUT2D eigenvalue weighted by atomic mass is 9.87. The summed E-state index contributed by atoms with van der Waals surface area (Å²) in [5, 5.41) is 0. The van der Waals surface area contributed by atoms with E-state index in [1.165, 1.54) is 12.1 Å². The lowest BCUT2D eigenvalue weighted by molar-refractivity contribution is 0.0236. The lowest BCUT2D eigenvalue weighted by Gasteiger charge is -2.40. The number of aryl methyl sites for hydroxylation is 4. The fraction of sp³-hybridized carbons (Fsp3) is 0.545. The van der Waals surface area contributed by atoms with Crippen LogP contribution in [0.3, 0.4) is 0 Å². The summed E-state index contributed by atoms with van der Waals surface area (Å²) in [5.41, 5.74) is 3.31. The Morgan fingerprint density at radius 2 is 0.931 bits per heavy atom. The molecule has 0 saturated carbocycles. The van der Waals surface area contributed by atoms with Gasteiger partial charge in [-0.1, -0.05) is 0 Å². The number of alkyl halides is 2. The number of likely N-dealkylation sites (tertiary alicyclic amines) is 2. The van der Waals surface area contributed by atoms with E-state index in [1.54, 1.807) is 0 Å². The molecule has 0 aliphatic carbocycles. The van der Waals surface area contributed by atoms with E-state index in [1.807, 2.05) is 75.6 Å². The highest BCUT2D eigenvalue weighted by molar-refractivity contribution is 5.38. The topological polar surface area (TPSA) is 95.0 Å². The van der Waals surface area contributed by atoms with Crippen molar-refractivity contribution in [3.8, 4) is 23.3 Å². The summed E-state index contributed by atoms with van der Waals surface area (Å²) in [6.07, 6.45) is 3.09. The number of piperidine rings is 2. The van der Waals surface area contributed by atoms with Gasteiger partial charge in [0.2, 0.25) is 0 Å². The zero-order chi connectivity index (χ0) is 41.2. The summed E-state index contributed by atoms with van der Waals surface area (Å²) in [5.74, 6) is 0.379. The highest BCUT2D eigenvalue weighted by Gasteiger charge is 2.40. The first-order chi connectivity index (χ1) is 27.7. The van der Waals surface area contributed by atoms with Gasteiger partial charge in [-0.25, -0.2) is 27.5 Å². The molecule has 2 saturated heterocycles. The second-order valence-corrected chi connectivity index (χ2v) is 16.4. The Kier molecular flexibility index (Phi) is 12.4. The van der Waals surface area contributed by atoms with Crippen molar-refractivity contribution in [3.05, 3.63) is 93.3 Å². The third-order valence-electron chi connectivity index (χ3n) is 11.4. The van der Waals surface area contributed by atoms with Crippen LogP contribution in [0.5, 0.6) is 23.3 Å². The zero-order valence-electron chi connectivity index (χ0n) is 34.3. The quantitative estimate of drug-likeness (QED) is 0.162. The molecule has 0 spiro atoms. The molecule has 4 aliphatic heterocycles. The molecule has 14 heteroatoms. The number of pyridine rings is 4. The van der Waals surface area contributed by atoms with E-state index in [0.717, 1.165) is 46.7 Å². The molecule has 2 unspecified atom stereocenters. The van der Waals surface area contributed by atoms with Crippen LogP contribution < -0.4 is 18.9 Å². The molecule has 2 fully saturated rings. The largest absolute Gasteiger partial charge is 0.484 e. The zero-order valence-corrected chi connectivity index (χ0v) is 34.3. The molecular formula is C44H54F4N6O4. The van der Waals surface area contributed by atoms with E-state index in [2.05, 4.69) is 19.9 Å². The number of hydrogen-bond acceptors (Lipinski definition) is 10. The Morgan fingerprint density at radius 1 is 0.569 bits per heavy atom. The Labute approximate surface area is 338 Å². The van der Waals surface area contributed by atoms with Gasteiger partial charge < -0.3 is 18.9 Å². The fourth-order valence-corrected chi connectivity index (χ4v) is 8.83. The van der Waals surface area contributed by atoms with E-state index in [9.17, 15) is 8.78 Å². The molecule has 0 N–H and O–H groups in total. The van der Waals surface area contributed by atoms with Crippen LogP contribution in [0, 0.1) is 39.3 Å². The van der Waals surface area contributed by atoms with Gasteiger partial charge in [-0.2, -0.15) is 0 Å². The van der Waals surface area contributed by atoms with Crippen molar-refractivity contribution < 1.29 is 36.5 Å². The highest BCUT2D eigenvalue weighted by Crippen LogP contribution is 2.39. The van der Waals surface area contributed by atoms with Crippen LogP contribution in [0.2, 0.25) is 0 Å². The maximum atomic E-state index is 15.8. The molecule has 4 aromatic rings. The van der Waals surface area contributed by atoms with E-state index in [0.29, 0.717) is 88.5 Å². The third kappa shape index (κ3) is 9.82. The lowest BCUT2D eigenvalue weighted by Crippen LogP contribution is -2.47. The smallest absolute Gasteiger partial charge is 0.257 e. The van der Waals surface area contributed by atoms with Crippen LogP contribution in [-0.2, 0) is 12.8 Å². The third-order valence-corrected chi connectivity index (χ3v) is 11.4. The Hall–Kier alpha value is -4.56. The van der Waals surface area contributed by atoms with Crippen LogP contribution in [-0.4, -0.2) is 93.7 Å². The van der Waals surface area contributed by atoms with Crippen molar-refractivity contribution in [1.82, 2.24) is 29.7 Å².